The van der Waals surface area contributed by atoms with E-state index in [9.17, 15) is 4.79 Å². The van der Waals surface area contributed by atoms with E-state index < -0.39 is 6.16 Å². The van der Waals surface area contributed by atoms with E-state index >= 15 is 0 Å². The third kappa shape index (κ3) is 2.49. The molecule has 0 radical (unpaired) electrons. The molecule has 1 N–H and O–H groups in total. The van der Waals surface area contributed by atoms with Gasteiger partial charge in [0, 0.05) is 5.56 Å². The van der Waals surface area contributed by atoms with Crippen LogP contribution < -0.4 is 4.74 Å². The summed E-state index contributed by atoms with van der Waals surface area (Å²) < 4.78 is 4.69. The minimum atomic E-state index is -1.28. The first-order valence-electron chi connectivity index (χ1n) is 4.41. The highest BCUT2D eigenvalue weighted by Gasteiger charge is 2.19. The molecule has 0 aromatic heterocycles. The highest BCUT2D eigenvalue weighted by atomic mass is 16.7. The van der Waals surface area contributed by atoms with Gasteiger partial charge in [-0.1, -0.05) is 39.0 Å². The van der Waals surface area contributed by atoms with Gasteiger partial charge in [-0.2, -0.15) is 0 Å². The second kappa shape index (κ2) is 3.70. The first kappa shape index (κ1) is 10.6. The largest absolute Gasteiger partial charge is 0.511 e. The van der Waals surface area contributed by atoms with E-state index in [0.29, 0.717) is 5.75 Å². The summed E-state index contributed by atoms with van der Waals surface area (Å²) in [5, 5.41) is 8.53. The molecule has 0 unspecified atom stereocenters. The zero-order valence-corrected chi connectivity index (χ0v) is 8.57. The van der Waals surface area contributed by atoms with Crippen LogP contribution in [0.3, 0.4) is 0 Å². The lowest BCUT2D eigenvalue weighted by molar-refractivity contribution is 0.143. The smallest absolute Gasteiger partial charge is 0.449 e. The van der Waals surface area contributed by atoms with Gasteiger partial charge in [0.2, 0.25) is 0 Å². The molecule has 3 heteroatoms. The summed E-state index contributed by atoms with van der Waals surface area (Å²) in [7, 11) is 0. The van der Waals surface area contributed by atoms with E-state index in [1.165, 1.54) is 0 Å². The highest BCUT2D eigenvalue weighted by molar-refractivity contribution is 5.62. The molecule has 1 aromatic rings. The van der Waals surface area contributed by atoms with Crippen molar-refractivity contribution in [1.82, 2.24) is 0 Å². The SMILES string of the molecule is CC(C)(C)c1ccccc1OC(=O)O. The first-order valence-corrected chi connectivity index (χ1v) is 4.41. The Bertz CT molecular complexity index is 337. The van der Waals surface area contributed by atoms with Crippen LogP contribution in [0.4, 0.5) is 4.79 Å². The van der Waals surface area contributed by atoms with Crippen LogP contribution in [-0.4, -0.2) is 11.3 Å². The lowest BCUT2D eigenvalue weighted by atomic mass is 9.86. The Kier molecular flexibility index (Phi) is 2.79. The van der Waals surface area contributed by atoms with Crippen LogP contribution in [-0.2, 0) is 5.41 Å². The Morgan fingerprint density at radius 1 is 1.29 bits per heavy atom. The number of hydrogen-bond acceptors (Lipinski definition) is 2. The van der Waals surface area contributed by atoms with E-state index in [-0.39, 0.29) is 5.41 Å². The lowest BCUT2D eigenvalue weighted by Crippen LogP contribution is -2.15. The number of para-hydroxylation sites is 1. The molecule has 0 aliphatic rings. The predicted molar refractivity (Wildman–Crippen MR) is 53.8 cm³/mol. The maximum Gasteiger partial charge on any atom is 0.511 e. The third-order valence-electron chi connectivity index (χ3n) is 1.89. The maximum atomic E-state index is 10.4. The van der Waals surface area contributed by atoms with Crippen molar-refractivity contribution >= 4 is 6.16 Å². The van der Waals surface area contributed by atoms with Gasteiger partial charge < -0.3 is 9.84 Å². The number of ether oxygens (including phenoxy) is 1. The highest BCUT2D eigenvalue weighted by Crippen LogP contribution is 2.30. The fourth-order valence-electron chi connectivity index (χ4n) is 1.27. The molecule has 0 bridgehead atoms. The van der Waals surface area contributed by atoms with Crippen molar-refractivity contribution in [3.05, 3.63) is 29.8 Å². The zero-order chi connectivity index (χ0) is 10.8. The minimum absolute atomic E-state index is 0.119. The zero-order valence-electron chi connectivity index (χ0n) is 8.57. The second-order valence-corrected chi connectivity index (χ2v) is 4.11. The van der Waals surface area contributed by atoms with Gasteiger partial charge in [-0.25, -0.2) is 4.79 Å². The number of rotatable bonds is 1. The fourth-order valence-corrected chi connectivity index (χ4v) is 1.27. The Hall–Kier alpha value is -1.51. The van der Waals surface area contributed by atoms with Crippen molar-refractivity contribution in [2.24, 2.45) is 0 Å². The van der Waals surface area contributed by atoms with E-state index in [4.69, 9.17) is 5.11 Å². The van der Waals surface area contributed by atoms with E-state index in [2.05, 4.69) is 4.74 Å². The Balaban J connectivity index is 3.10. The standard InChI is InChI=1S/C11H14O3/c1-11(2,3)8-6-4-5-7-9(8)14-10(12)13/h4-7H,1-3H3,(H,12,13). The molecular weight excluding hydrogens is 180 g/mol. The van der Waals surface area contributed by atoms with Crippen LogP contribution in [0.2, 0.25) is 0 Å². The number of carbonyl (C=O) groups is 1. The molecule has 0 aliphatic carbocycles. The number of hydrogen-bond donors (Lipinski definition) is 1. The lowest BCUT2D eigenvalue weighted by Gasteiger charge is -2.21. The normalized spacial score (nSPS) is 11.1. The summed E-state index contributed by atoms with van der Waals surface area (Å²) in [6, 6.07) is 7.16. The average Bonchev–Trinajstić information content (AvgIpc) is 2.01. The molecule has 0 fully saturated rings. The summed E-state index contributed by atoms with van der Waals surface area (Å²) in [6.45, 7) is 6.03. The number of benzene rings is 1. The molecule has 0 atom stereocenters. The molecule has 1 aromatic carbocycles. The van der Waals surface area contributed by atoms with Gasteiger partial charge in [0.05, 0.1) is 0 Å². The van der Waals surface area contributed by atoms with Crippen molar-refractivity contribution in [3.8, 4) is 5.75 Å². The van der Waals surface area contributed by atoms with Gasteiger partial charge in [0.25, 0.3) is 0 Å². The summed E-state index contributed by atoms with van der Waals surface area (Å²) in [5.41, 5.74) is 0.772. The van der Waals surface area contributed by atoms with Gasteiger partial charge in [-0.3, -0.25) is 0 Å². The molecule has 0 saturated heterocycles. The first-order chi connectivity index (χ1) is 6.41. The number of carboxylic acid groups (broad SMARTS) is 1. The average molecular weight is 194 g/mol. The molecular formula is C11H14O3. The Labute approximate surface area is 83.3 Å². The van der Waals surface area contributed by atoms with Crippen molar-refractivity contribution in [2.45, 2.75) is 26.2 Å². The Morgan fingerprint density at radius 2 is 1.86 bits per heavy atom. The van der Waals surface area contributed by atoms with Gasteiger partial charge in [-0.05, 0) is 11.5 Å². The predicted octanol–water partition coefficient (Wildman–Crippen LogP) is 3.04. The van der Waals surface area contributed by atoms with E-state index in [1.54, 1.807) is 12.1 Å². The van der Waals surface area contributed by atoms with Crippen LogP contribution in [0.15, 0.2) is 24.3 Å². The van der Waals surface area contributed by atoms with E-state index in [1.807, 2.05) is 32.9 Å². The molecule has 14 heavy (non-hydrogen) atoms. The molecule has 0 aliphatic heterocycles. The molecule has 1 rings (SSSR count). The monoisotopic (exact) mass is 194 g/mol. The maximum absolute atomic E-state index is 10.4. The molecule has 3 nitrogen and oxygen atoms in total. The van der Waals surface area contributed by atoms with Gasteiger partial charge in [0.1, 0.15) is 5.75 Å². The van der Waals surface area contributed by atoms with Gasteiger partial charge in [0.15, 0.2) is 0 Å². The fraction of sp³-hybridized carbons (Fsp3) is 0.364. The van der Waals surface area contributed by atoms with Crippen LogP contribution in [0.5, 0.6) is 5.75 Å². The molecule has 0 spiro atoms. The third-order valence-corrected chi connectivity index (χ3v) is 1.89. The Morgan fingerprint density at radius 3 is 2.36 bits per heavy atom. The molecule has 0 heterocycles. The summed E-state index contributed by atoms with van der Waals surface area (Å²) in [5.74, 6) is 0.410. The summed E-state index contributed by atoms with van der Waals surface area (Å²) in [6.07, 6.45) is -1.28. The van der Waals surface area contributed by atoms with Crippen LogP contribution in [0.25, 0.3) is 0 Å². The van der Waals surface area contributed by atoms with Crippen molar-refractivity contribution in [1.29, 1.82) is 0 Å². The molecule has 0 amide bonds. The van der Waals surface area contributed by atoms with Crippen molar-refractivity contribution in [2.75, 3.05) is 0 Å². The van der Waals surface area contributed by atoms with Crippen molar-refractivity contribution < 1.29 is 14.6 Å². The molecule has 0 saturated carbocycles. The topological polar surface area (TPSA) is 46.5 Å². The summed E-state index contributed by atoms with van der Waals surface area (Å²) >= 11 is 0. The quantitative estimate of drug-likeness (QED) is 0.552. The van der Waals surface area contributed by atoms with Crippen LogP contribution >= 0.6 is 0 Å². The molecule has 76 valence electrons. The van der Waals surface area contributed by atoms with E-state index in [0.717, 1.165) is 5.56 Å². The van der Waals surface area contributed by atoms with Crippen LogP contribution in [0.1, 0.15) is 26.3 Å². The van der Waals surface area contributed by atoms with Gasteiger partial charge in [-0.15, -0.1) is 0 Å². The minimum Gasteiger partial charge on any atom is -0.449 e. The van der Waals surface area contributed by atoms with Crippen LogP contribution in [0, 0.1) is 0 Å². The second-order valence-electron chi connectivity index (χ2n) is 4.11. The summed E-state index contributed by atoms with van der Waals surface area (Å²) in [4.78, 5) is 10.4. The van der Waals surface area contributed by atoms with Gasteiger partial charge >= 0.3 is 6.16 Å². The van der Waals surface area contributed by atoms with Crippen molar-refractivity contribution in [3.63, 3.8) is 0 Å².